The van der Waals surface area contributed by atoms with E-state index in [9.17, 15) is 14.3 Å². The van der Waals surface area contributed by atoms with Crippen LogP contribution in [0.1, 0.15) is 11.8 Å². The summed E-state index contributed by atoms with van der Waals surface area (Å²) in [6.07, 6.45) is -0.572. The van der Waals surface area contributed by atoms with E-state index in [0.29, 0.717) is 23.3 Å². The van der Waals surface area contributed by atoms with Crippen molar-refractivity contribution in [2.24, 2.45) is 0 Å². The minimum absolute atomic E-state index is 0.171. The van der Waals surface area contributed by atoms with Crippen LogP contribution in [0, 0.1) is 0 Å². The van der Waals surface area contributed by atoms with E-state index >= 15 is 0 Å². The third-order valence-electron chi connectivity index (χ3n) is 6.45. The number of benzene rings is 2. The maximum absolute atomic E-state index is 12.6. The molecule has 4 aromatic rings. The van der Waals surface area contributed by atoms with Gasteiger partial charge in [-0.25, -0.2) is 19.7 Å². The molecule has 208 valence electrons. The van der Waals surface area contributed by atoms with Gasteiger partial charge in [0.15, 0.2) is 29.5 Å². The van der Waals surface area contributed by atoms with Gasteiger partial charge in [0, 0.05) is 12.1 Å². The van der Waals surface area contributed by atoms with Crippen molar-refractivity contribution in [3.8, 4) is 0 Å². The van der Waals surface area contributed by atoms with E-state index in [1.54, 1.807) is 28.8 Å². The normalized spacial score (nSPS) is 25.4. The van der Waals surface area contributed by atoms with Gasteiger partial charge in [0.1, 0.15) is 24.6 Å². The fourth-order valence-electron chi connectivity index (χ4n) is 4.75. The van der Waals surface area contributed by atoms with Gasteiger partial charge in [0.05, 0.1) is 12.9 Å². The Kier molecular flexibility index (Phi) is 7.29. The molecule has 0 radical (unpaired) electrons. The molecular weight excluding hydrogens is 543 g/mol. The number of urea groups is 1. The number of nitrogens with zero attached hydrogens (tertiary/aromatic N) is 4. The van der Waals surface area contributed by atoms with Crippen LogP contribution in [0.2, 0.25) is 0 Å². The Hall–Kier alpha value is -3.75. The highest BCUT2D eigenvalue weighted by Gasteiger charge is 2.54. The molecule has 15 heteroatoms. The van der Waals surface area contributed by atoms with E-state index in [0.717, 1.165) is 5.56 Å². The number of hydrogen-bond acceptors (Lipinski definition) is 10. The van der Waals surface area contributed by atoms with Crippen LogP contribution < -0.4 is 15.5 Å². The number of carbonyl (C=O) groups excluding carboxylic acids is 1. The summed E-state index contributed by atoms with van der Waals surface area (Å²) in [7, 11) is -5.00. The molecular formula is C25H24N6O8P-. The Morgan fingerprint density at radius 3 is 2.48 bits per heavy atom. The molecule has 6 rings (SSSR count). The fraction of sp³-hybridized carbons (Fsp3) is 0.280. The summed E-state index contributed by atoms with van der Waals surface area (Å²) in [5.41, 5.74) is 2.22. The molecule has 14 nitrogen and oxygen atoms in total. The van der Waals surface area contributed by atoms with E-state index in [2.05, 4.69) is 30.1 Å². The van der Waals surface area contributed by atoms with Gasteiger partial charge in [-0.15, -0.1) is 0 Å². The quantitative estimate of drug-likeness (QED) is 0.265. The number of carbonyl (C=O) groups is 1. The molecule has 0 bridgehead atoms. The van der Waals surface area contributed by atoms with Gasteiger partial charge in [-0.05, 0) is 17.7 Å². The highest BCUT2D eigenvalue weighted by molar-refractivity contribution is 7.44. The molecule has 2 aromatic carbocycles. The predicted molar refractivity (Wildman–Crippen MR) is 138 cm³/mol. The summed E-state index contributed by atoms with van der Waals surface area (Å²) >= 11 is 0. The maximum atomic E-state index is 12.6. The number of aromatic nitrogens is 4. The molecule has 2 fully saturated rings. The third kappa shape index (κ3) is 5.74. The number of nitrogens with one attached hydrogen (secondary N) is 2. The second-order valence-electron chi connectivity index (χ2n) is 9.14. The molecule has 6 atom stereocenters. The number of ether oxygens (including phenoxy) is 3. The van der Waals surface area contributed by atoms with Gasteiger partial charge in [-0.2, -0.15) is 0 Å². The van der Waals surface area contributed by atoms with Crippen molar-refractivity contribution >= 4 is 36.5 Å². The molecule has 4 heterocycles. The van der Waals surface area contributed by atoms with Crippen molar-refractivity contribution in [1.82, 2.24) is 19.5 Å². The van der Waals surface area contributed by atoms with E-state index < -0.39 is 51.3 Å². The fourth-order valence-corrected chi connectivity index (χ4v) is 5.08. The Morgan fingerprint density at radius 2 is 1.73 bits per heavy atom. The van der Waals surface area contributed by atoms with Crippen molar-refractivity contribution in [1.29, 1.82) is 0 Å². The molecule has 2 saturated heterocycles. The summed E-state index contributed by atoms with van der Waals surface area (Å²) in [6.45, 7) is -0.482. The van der Waals surface area contributed by atoms with Crippen LogP contribution in [0.5, 0.6) is 0 Å². The minimum atomic E-state index is -5.00. The SMILES string of the molecule is O=C(Nc1ccccc1)Nc1ncnc2c1ncn2[C@@H]1O[C@H](COP(=O)([O-])O)[C@@H]2OC(Cc3ccccc3)OC21. The van der Waals surface area contributed by atoms with E-state index in [1.165, 1.54) is 12.7 Å². The van der Waals surface area contributed by atoms with Gasteiger partial charge in [-0.3, -0.25) is 14.4 Å². The van der Waals surface area contributed by atoms with Crippen molar-refractivity contribution in [3.63, 3.8) is 0 Å². The molecule has 0 aliphatic carbocycles. The number of hydrogen-bond donors (Lipinski definition) is 3. The molecule has 2 aromatic heterocycles. The molecule has 0 spiro atoms. The molecule has 2 aliphatic rings. The number of anilines is 2. The summed E-state index contributed by atoms with van der Waals surface area (Å²) in [4.78, 5) is 45.8. The Labute approximate surface area is 227 Å². The first-order valence-electron chi connectivity index (χ1n) is 12.3. The second-order valence-corrected chi connectivity index (χ2v) is 10.3. The molecule has 2 aliphatic heterocycles. The number of fused-ring (bicyclic) bond motifs is 2. The van der Waals surface area contributed by atoms with Crippen LogP contribution in [0.3, 0.4) is 0 Å². The van der Waals surface area contributed by atoms with Gasteiger partial charge in [0.25, 0.3) is 7.82 Å². The molecule has 3 unspecified atom stereocenters. The largest absolute Gasteiger partial charge is 0.756 e. The van der Waals surface area contributed by atoms with Gasteiger partial charge in [-0.1, -0.05) is 48.5 Å². The van der Waals surface area contributed by atoms with Crippen LogP contribution in [-0.2, 0) is 29.7 Å². The van der Waals surface area contributed by atoms with Gasteiger partial charge < -0.3 is 33.8 Å². The number of imidazole rings is 1. The van der Waals surface area contributed by atoms with Crippen LogP contribution >= 0.6 is 7.82 Å². The smallest absolute Gasteiger partial charge is 0.324 e. The van der Waals surface area contributed by atoms with Gasteiger partial charge >= 0.3 is 6.03 Å². The first-order chi connectivity index (χ1) is 19.3. The molecule has 3 N–H and O–H groups in total. The van der Waals surface area contributed by atoms with Crippen LogP contribution in [0.4, 0.5) is 16.3 Å². The zero-order chi connectivity index (χ0) is 27.7. The van der Waals surface area contributed by atoms with E-state index in [-0.39, 0.29) is 5.82 Å². The molecule has 0 saturated carbocycles. The number of rotatable bonds is 8. The highest BCUT2D eigenvalue weighted by atomic mass is 31.2. The number of para-hydroxylation sites is 1. The zero-order valence-electron chi connectivity index (χ0n) is 20.8. The highest BCUT2D eigenvalue weighted by Crippen LogP contribution is 2.43. The lowest BCUT2D eigenvalue weighted by Crippen LogP contribution is -2.32. The summed E-state index contributed by atoms with van der Waals surface area (Å²) < 4.78 is 35.9. The van der Waals surface area contributed by atoms with Crippen molar-refractivity contribution in [3.05, 3.63) is 78.9 Å². The lowest BCUT2D eigenvalue weighted by Gasteiger charge is -2.23. The summed E-state index contributed by atoms with van der Waals surface area (Å²) in [5.74, 6) is 0.171. The van der Waals surface area contributed by atoms with Crippen LogP contribution in [-0.4, -0.2) is 61.7 Å². The van der Waals surface area contributed by atoms with Crippen LogP contribution in [0.25, 0.3) is 11.2 Å². The van der Waals surface area contributed by atoms with Crippen molar-refractivity contribution in [2.75, 3.05) is 17.2 Å². The molecule has 40 heavy (non-hydrogen) atoms. The number of amides is 2. The first-order valence-corrected chi connectivity index (χ1v) is 13.8. The lowest BCUT2D eigenvalue weighted by atomic mass is 10.1. The second kappa shape index (κ2) is 11.0. The van der Waals surface area contributed by atoms with Crippen LogP contribution in [0.15, 0.2) is 73.3 Å². The topological polar surface area (TPSA) is 182 Å². The van der Waals surface area contributed by atoms with E-state index in [4.69, 9.17) is 19.1 Å². The Morgan fingerprint density at radius 1 is 1.00 bits per heavy atom. The van der Waals surface area contributed by atoms with Gasteiger partial charge in [0.2, 0.25) is 0 Å². The number of phosphoric ester groups is 1. The standard InChI is InChI=1S/C25H25N6O8P/c32-25(29-16-9-5-2-6-10-16)30-22-19-23(27-13-26-22)31(14-28-19)24-21-20(17(37-24)12-36-40(33,34)35)38-18(39-21)11-15-7-3-1-4-8-15/h1-10,13-14,17-18,20-21,24H,11-12H2,(H2,33,34,35)(H2,26,27,29,30,32)/p-1/t17-,18?,20+,21?,24-/m1/s1. The zero-order valence-corrected chi connectivity index (χ0v) is 21.7. The summed E-state index contributed by atoms with van der Waals surface area (Å²) in [5, 5.41) is 5.39. The molecule has 2 amide bonds. The van der Waals surface area contributed by atoms with E-state index in [1.807, 2.05) is 36.4 Å². The predicted octanol–water partition coefficient (Wildman–Crippen LogP) is 2.20. The third-order valence-corrected chi connectivity index (χ3v) is 6.92. The first kappa shape index (κ1) is 26.5. The van der Waals surface area contributed by atoms with Crippen molar-refractivity contribution in [2.45, 2.75) is 37.3 Å². The maximum Gasteiger partial charge on any atom is 0.324 e. The average Bonchev–Trinajstić information content (AvgIpc) is 3.62. The minimum Gasteiger partial charge on any atom is -0.756 e. The Bertz CT molecular complexity index is 1530. The average molecular weight is 567 g/mol. The Balaban J connectivity index is 1.24. The monoisotopic (exact) mass is 567 g/mol. The summed E-state index contributed by atoms with van der Waals surface area (Å²) in [6, 6.07) is 18.0. The number of phosphoric acid groups is 1. The van der Waals surface area contributed by atoms with Crippen molar-refractivity contribution < 1.29 is 37.9 Å². The lowest BCUT2D eigenvalue weighted by molar-refractivity contribution is -0.224.